The molecule has 4 nitrogen and oxygen atoms in total. The van der Waals surface area contributed by atoms with Crippen LogP contribution in [-0.4, -0.2) is 32.8 Å². The summed E-state index contributed by atoms with van der Waals surface area (Å²) in [6.07, 6.45) is -2.83. The van der Waals surface area contributed by atoms with Crippen molar-refractivity contribution in [3.05, 3.63) is 71.0 Å². The van der Waals surface area contributed by atoms with Crippen molar-refractivity contribution in [3.8, 4) is 0 Å². The predicted octanol–water partition coefficient (Wildman–Crippen LogP) is 4.26. The molecule has 1 aliphatic rings. The van der Waals surface area contributed by atoms with Crippen LogP contribution in [0.2, 0.25) is 0 Å². The van der Waals surface area contributed by atoms with Gasteiger partial charge in [0, 0.05) is 38.8 Å². The smallest absolute Gasteiger partial charge is 0.381 e. The number of hydrogen-bond donors (Lipinski definition) is 2. The number of guanidine groups is 1. The van der Waals surface area contributed by atoms with E-state index >= 15 is 0 Å². The summed E-state index contributed by atoms with van der Waals surface area (Å²) in [7, 11) is 1.61. The molecule has 162 valence electrons. The third-order valence-corrected chi connectivity index (χ3v) is 5.44. The zero-order valence-electron chi connectivity index (χ0n) is 16.7. The van der Waals surface area contributed by atoms with Crippen molar-refractivity contribution in [1.29, 1.82) is 0 Å². The number of halogens is 4. The maximum absolute atomic E-state index is 13.4. The number of benzene rings is 2. The molecule has 0 aromatic heterocycles. The highest BCUT2D eigenvalue weighted by Crippen LogP contribution is 2.34. The van der Waals surface area contributed by atoms with Crippen LogP contribution in [0.15, 0.2) is 53.5 Å². The van der Waals surface area contributed by atoms with Gasteiger partial charge in [0.05, 0.1) is 5.56 Å². The van der Waals surface area contributed by atoms with Crippen LogP contribution in [0, 0.1) is 5.82 Å². The largest absolute Gasteiger partial charge is 0.416 e. The zero-order chi connectivity index (χ0) is 21.6. The first-order chi connectivity index (χ1) is 14.3. The summed E-state index contributed by atoms with van der Waals surface area (Å²) < 4.78 is 57.6. The number of nitrogens with zero attached hydrogens (tertiary/aromatic N) is 1. The number of alkyl halides is 3. The quantitative estimate of drug-likeness (QED) is 0.429. The molecule has 8 heteroatoms. The molecular formula is C22H25F4N3O. The van der Waals surface area contributed by atoms with Crippen molar-refractivity contribution < 1.29 is 22.3 Å². The molecule has 0 atom stereocenters. The highest BCUT2D eigenvalue weighted by atomic mass is 19.4. The summed E-state index contributed by atoms with van der Waals surface area (Å²) >= 11 is 0. The van der Waals surface area contributed by atoms with E-state index in [1.165, 1.54) is 18.2 Å². The third-order valence-electron chi connectivity index (χ3n) is 5.44. The highest BCUT2D eigenvalue weighted by Gasteiger charge is 2.34. The number of hydrogen-bond acceptors (Lipinski definition) is 2. The zero-order valence-corrected chi connectivity index (χ0v) is 16.7. The summed E-state index contributed by atoms with van der Waals surface area (Å²) in [6, 6.07) is 11.7. The van der Waals surface area contributed by atoms with Crippen LogP contribution in [0.5, 0.6) is 0 Å². The molecule has 0 spiro atoms. The second kappa shape index (κ2) is 9.47. The van der Waals surface area contributed by atoms with Gasteiger partial charge in [0.1, 0.15) is 5.82 Å². The number of rotatable bonds is 5. The minimum Gasteiger partial charge on any atom is -0.381 e. The average molecular weight is 423 g/mol. The van der Waals surface area contributed by atoms with Crippen molar-refractivity contribution in [2.24, 2.45) is 4.99 Å². The third kappa shape index (κ3) is 5.50. The van der Waals surface area contributed by atoms with Gasteiger partial charge in [0.15, 0.2) is 5.96 Å². The lowest BCUT2D eigenvalue weighted by Crippen LogP contribution is -2.47. The predicted molar refractivity (Wildman–Crippen MR) is 108 cm³/mol. The Morgan fingerprint density at radius 3 is 2.40 bits per heavy atom. The molecule has 0 aliphatic carbocycles. The van der Waals surface area contributed by atoms with Crippen LogP contribution in [0.3, 0.4) is 0 Å². The van der Waals surface area contributed by atoms with E-state index in [1.54, 1.807) is 25.2 Å². The molecule has 30 heavy (non-hydrogen) atoms. The van der Waals surface area contributed by atoms with Crippen LogP contribution in [-0.2, 0) is 22.9 Å². The van der Waals surface area contributed by atoms with E-state index in [0.29, 0.717) is 31.3 Å². The standard InChI is InChI=1S/C22H25F4N3O/c1-27-20(28-14-16-3-2-4-18(13-16)22(24,25)26)29-15-21(9-11-30-12-10-21)17-5-7-19(23)8-6-17/h2-8,13H,9-12,14-15H2,1H3,(H2,27,28,29). The lowest BCUT2D eigenvalue weighted by Gasteiger charge is -2.38. The molecule has 2 N–H and O–H groups in total. The van der Waals surface area contributed by atoms with Crippen molar-refractivity contribution in [3.63, 3.8) is 0 Å². The first kappa shape index (κ1) is 22.1. The fourth-order valence-electron chi connectivity index (χ4n) is 3.65. The van der Waals surface area contributed by atoms with Crippen molar-refractivity contribution in [2.45, 2.75) is 31.0 Å². The van der Waals surface area contributed by atoms with E-state index in [0.717, 1.165) is 30.5 Å². The lowest BCUT2D eigenvalue weighted by molar-refractivity contribution is -0.137. The van der Waals surface area contributed by atoms with E-state index in [4.69, 9.17) is 4.74 Å². The van der Waals surface area contributed by atoms with E-state index in [2.05, 4.69) is 15.6 Å². The Morgan fingerprint density at radius 2 is 1.77 bits per heavy atom. The Kier molecular flexibility index (Phi) is 6.97. The summed E-state index contributed by atoms with van der Waals surface area (Å²) in [5.74, 6) is 0.202. The van der Waals surface area contributed by atoms with Gasteiger partial charge in [0.25, 0.3) is 0 Å². The SMILES string of the molecule is CN=C(NCc1cccc(C(F)(F)F)c1)NCC1(c2ccc(F)cc2)CCOCC1. The van der Waals surface area contributed by atoms with Crippen molar-refractivity contribution >= 4 is 5.96 Å². The van der Waals surface area contributed by atoms with E-state index in [-0.39, 0.29) is 17.8 Å². The van der Waals surface area contributed by atoms with E-state index in [1.807, 2.05) is 0 Å². The van der Waals surface area contributed by atoms with Crippen LogP contribution >= 0.6 is 0 Å². The lowest BCUT2D eigenvalue weighted by atomic mass is 9.74. The summed E-state index contributed by atoms with van der Waals surface area (Å²) in [5.41, 5.74) is 0.613. The molecule has 2 aromatic rings. The molecule has 2 aromatic carbocycles. The summed E-state index contributed by atoms with van der Waals surface area (Å²) in [5, 5.41) is 6.34. The highest BCUT2D eigenvalue weighted by molar-refractivity contribution is 5.79. The molecule has 0 radical (unpaired) electrons. The Bertz CT molecular complexity index is 859. The van der Waals surface area contributed by atoms with Crippen LogP contribution in [0.1, 0.15) is 29.5 Å². The van der Waals surface area contributed by atoms with Gasteiger partial charge < -0.3 is 15.4 Å². The molecule has 0 amide bonds. The molecule has 0 bridgehead atoms. The minimum absolute atomic E-state index is 0.205. The Hall–Kier alpha value is -2.61. The van der Waals surface area contributed by atoms with Gasteiger partial charge in [-0.1, -0.05) is 24.3 Å². The first-order valence-corrected chi connectivity index (χ1v) is 9.77. The number of nitrogens with one attached hydrogen (secondary N) is 2. The van der Waals surface area contributed by atoms with Gasteiger partial charge in [-0.15, -0.1) is 0 Å². The molecule has 1 aliphatic heterocycles. The van der Waals surface area contributed by atoms with E-state index < -0.39 is 11.7 Å². The Morgan fingerprint density at radius 1 is 1.07 bits per heavy atom. The molecule has 1 saturated heterocycles. The van der Waals surface area contributed by atoms with Gasteiger partial charge >= 0.3 is 6.18 Å². The minimum atomic E-state index is -4.37. The van der Waals surface area contributed by atoms with Crippen molar-refractivity contribution in [1.82, 2.24) is 10.6 Å². The van der Waals surface area contributed by atoms with Gasteiger partial charge in [0.2, 0.25) is 0 Å². The molecular weight excluding hydrogens is 398 g/mol. The molecule has 1 fully saturated rings. The monoisotopic (exact) mass is 423 g/mol. The number of ether oxygens (including phenoxy) is 1. The molecule has 0 saturated carbocycles. The normalized spacial score (nSPS) is 16.9. The summed E-state index contributed by atoms with van der Waals surface area (Å²) in [6.45, 7) is 1.96. The fourth-order valence-corrected chi connectivity index (χ4v) is 3.65. The van der Waals surface area contributed by atoms with Crippen molar-refractivity contribution in [2.75, 3.05) is 26.8 Å². The van der Waals surface area contributed by atoms with Crippen LogP contribution in [0.25, 0.3) is 0 Å². The average Bonchev–Trinajstić information content (AvgIpc) is 2.74. The molecule has 1 heterocycles. The second-order valence-corrected chi connectivity index (χ2v) is 7.38. The first-order valence-electron chi connectivity index (χ1n) is 9.77. The Balaban J connectivity index is 1.65. The second-order valence-electron chi connectivity index (χ2n) is 7.38. The molecule has 0 unspecified atom stereocenters. The maximum atomic E-state index is 13.4. The topological polar surface area (TPSA) is 45.7 Å². The maximum Gasteiger partial charge on any atom is 0.416 e. The number of aliphatic imine (C=N–C) groups is 1. The van der Waals surface area contributed by atoms with Gasteiger partial charge in [-0.3, -0.25) is 4.99 Å². The van der Waals surface area contributed by atoms with E-state index in [9.17, 15) is 17.6 Å². The fraction of sp³-hybridized carbons (Fsp3) is 0.409. The van der Waals surface area contributed by atoms with Gasteiger partial charge in [-0.05, 0) is 48.2 Å². The summed E-state index contributed by atoms with van der Waals surface area (Å²) in [4.78, 5) is 4.18. The van der Waals surface area contributed by atoms with Gasteiger partial charge in [-0.2, -0.15) is 13.2 Å². The van der Waals surface area contributed by atoms with Crippen LogP contribution < -0.4 is 10.6 Å². The Labute approximate surface area is 173 Å². The molecule has 3 rings (SSSR count). The van der Waals surface area contributed by atoms with Crippen LogP contribution in [0.4, 0.5) is 17.6 Å². The van der Waals surface area contributed by atoms with Gasteiger partial charge in [-0.25, -0.2) is 4.39 Å².